The first kappa shape index (κ1) is 13.0. The third kappa shape index (κ3) is 3.29. The topological polar surface area (TPSA) is 109 Å². The summed E-state index contributed by atoms with van der Waals surface area (Å²) in [6.07, 6.45) is 2.04. The average Bonchev–Trinajstić information content (AvgIpc) is 2.91. The van der Waals surface area contributed by atoms with Crippen LogP contribution in [0.15, 0.2) is 24.5 Å². The van der Waals surface area contributed by atoms with Crippen LogP contribution in [0, 0.1) is 6.92 Å². The number of aromatic amines is 1. The molecule has 0 fully saturated rings. The zero-order valence-electron chi connectivity index (χ0n) is 10.6. The van der Waals surface area contributed by atoms with Gasteiger partial charge in [-0.15, -0.1) is 0 Å². The zero-order chi connectivity index (χ0) is 13.7. The number of aryl methyl sites for hydroxylation is 1. The number of H-pyrrole nitrogens is 1. The number of nitrogen functional groups attached to an aromatic ring is 1. The van der Waals surface area contributed by atoms with Crippen molar-refractivity contribution in [2.75, 3.05) is 12.0 Å². The molecule has 0 aliphatic carbocycles. The highest BCUT2D eigenvalue weighted by molar-refractivity contribution is 5.99. The van der Waals surface area contributed by atoms with Crippen molar-refractivity contribution >= 4 is 11.6 Å². The maximum atomic E-state index is 12.0. The van der Waals surface area contributed by atoms with Gasteiger partial charge in [0.15, 0.2) is 0 Å². The van der Waals surface area contributed by atoms with E-state index in [9.17, 15) is 4.79 Å². The SMILES string of the molecule is Cc1ccc(C(=O)NCCc2ncn[nH]2)c(NN)c1. The molecule has 7 heteroatoms. The molecule has 0 aliphatic rings. The lowest BCUT2D eigenvalue weighted by Gasteiger charge is -2.10. The van der Waals surface area contributed by atoms with E-state index in [0.29, 0.717) is 24.2 Å². The minimum Gasteiger partial charge on any atom is -0.352 e. The molecule has 1 aromatic carbocycles. The fraction of sp³-hybridized carbons (Fsp3) is 0.250. The largest absolute Gasteiger partial charge is 0.352 e. The van der Waals surface area contributed by atoms with Gasteiger partial charge in [0.1, 0.15) is 12.2 Å². The molecule has 1 amide bonds. The smallest absolute Gasteiger partial charge is 0.253 e. The molecule has 0 aliphatic heterocycles. The van der Waals surface area contributed by atoms with E-state index in [-0.39, 0.29) is 5.91 Å². The van der Waals surface area contributed by atoms with Gasteiger partial charge in [-0.1, -0.05) is 6.07 Å². The first-order valence-electron chi connectivity index (χ1n) is 5.90. The van der Waals surface area contributed by atoms with Crippen molar-refractivity contribution in [3.8, 4) is 0 Å². The second kappa shape index (κ2) is 5.96. The van der Waals surface area contributed by atoms with Crippen LogP contribution in [0.1, 0.15) is 21.7 Å². The number of carbonyl (C=O) groups is 1. The third-order valence-corrected chi connectivity index (χ3v) is 2.69. The number of hydrogen-bond acceptors (Lipinski definition) is 5. The number of nitrogens with zero attached hydrogens (tertiary/aromatic N) is 2. The number of aromatic nitrogens is 3. The van der Waals surface area contributed by atoms with Crippen molar-refractivity contribution in [3.05, 3.63) is 41.5 Å². The highest BCUT2D eigenvalue weighted by atomic mass is 16.1. The van der Waals surface area contributed by atoms with Crippen LogP contribution in [-0.2, 0) is 6.42 Å². The van der Waals surface area contributed by atoms with Crippen molar-refractivity contribution in [2.45, 2.75) is 13.3 Å². The second-order valence-corrected chi connectivity index (χ2v) is 4.13. The van der Waals surface area contributed by atoms with Gasteiger partial charge < -0.3 is 10.7 Å². The van der Waals surface area contributed by atoms with Crippen LogP contribution < -0.4 is 16.6 Å². The first-order chi connectivity index (χ1) is 9.20. The van der Waals surface area contributed by atoms with Crippen molar-refractivity contribution in [3.63, 3.8) is 0 Å². The molecule has 1 aromatic heterocycles. The molecule has 2 rings (SSSR count). The fourth-order valence-electron chi connectivity index (χ4n) is 1.72. The van der Waals surface area contributed by atoms with E-state index < -0.39 is 0 Å². The maximum absolute atomic E-state index is 12.0. The molecule has 5 N–H and O–H groups in total. The van der Waals surface area contributed by atoms with E-state index in [1.807, 2.05) is 19.1 Å². The van der Waals surface area contributed by atoms with E-state index in [4.69, 9.17) is 5.84 Å². The highest BCUT2D eigenvalue weighted by Crippen LogP contribution is 2.16. The van der Waals surface area contributed by atoms with E-state index >= 15 is 0 Å². The number of hydrazine groups is 1. The summed E-state index contributed by atoms with van der Waals surface area (Å²) in [7, 11) is 0. The number of carbonyl (C=O) groups excluding carboxylic acids is 1. The van der Waals surface area contributed by atoms with Gasteiger partial charge in [0.2, 0.25) is 0 Å². The summed E-state index contributed by atoms with van der Waals surface area (Å²) in [6.45, 7) is 2.42. The summed E-state index contributed by atoms with van der Waals surface area (Å²) < 4.78 is 0. The van der Waals surface area contributed by atoms with Crippen LogP contribution in [0.25, 0.3) is 0 Å². The average molecular weight is 260 g/mol. The monoisotopic (exact) mass is 260 g/mol. The molecular weight excluding hydrogens is 244 g/mol. The Morgan fingerprint density at radius 2 is 2.32 bits per heavy atom. The van der Waals surface area contributed by atoms with Gasteiger partial charge in [-0.3, -0.25) is 15.7 Å². The Labute approximate surface area is 110 Å². The molecule has 1 heterocycles. The lowest BCUT2D eigenvalue weighted by molar-refractivity contribution is 0.0955. The Bertz CT molecular complexity index is 551. The minimum absolute atomic E-state index is 0.174. The van der Waals surface area contributed by atoms with Crippen molar-refractivity contribution in [1.29, 1.82) is 0 Å². The number of benzene rings is 1. The van der Waals surface area contributed by atoms with Crippen molar-refractivity contribution in [1.82, 2.24) is 20.5 Å². The molecule has 7 nitrogen and oxygen atoms in total. The van der Waals surface area contributed by atoms with Gasteiger partial charge in [0.05, 0.1) is 11.3 Å². The lowest BCUT2D eigenvalue weighted by Crippen LogP contribution is -2.27. The van der Waals surface area contributed by atoms with E-state index in [0.717, 1.165) is 11.4 Å². The molecule has 0 spiro atoms. The van der Waals surface area contributed by atoms with Crippen molar-refractivity contribution in [2.24, 2.45) is 5.84 Å². The molecule has 100 valence electrons. The molecule has 0 bridgehead atoms. The van der Waals surface area contributed by atoms with E-state index in [1.165, 1.54) is 6.33 Å². The van der Waals surface area contributed by atoms with Crippen LogP contribution in [0.5, 0.6) is 0 Å². The standard InChI is InChI=1S/C12H16N6O/c1-8-2-3-9(10(6-8)17-13)12(19)14-5-4-11-15-7-16-18-11/h2-3,6-7,17H,4-5,13H2,1H3,(H,14,19)(H,15,16,18). The molecule has 0 radical (unpaired) electrons. The summed E-state index contributed by atoms with van der Waals surface area (Å²) >= 11 is 0. The van der Waals surface area contributed by atoms with E-state index in [1.54, 1.807) is 6.07 Å². The Kier molecular flexibility index (Phi) is 4.09. The molecule has 2 aromatic rings. The van der Waals surface area contributed by atoms with Crippen LogP contribution in [0.4, 0.5) is 5.69 Å². The Hall–Kier alpha value is -2.41. The Balaban J connectivity index is 1.96. The minimum atomic E-state index is -0.174. The number of rotatable bonds is 5. The fourth-order valence-corrected chi connectivity index (χ4v) is 1.72. The number of nitrogens with two attached hydrogens (primary N) is 1. The summed E-state index contributed by atoms with van der Waals surface area (Å²) in [5.41, 5.74) is 4.69. The first-order valence-corrected chi connectivity index (χ1v) is 5.90. The van der Waals surface area contributed by atoms with Gasteiger partial charge in [-0.25, -0.2) is 4.98 Å². The third-order valence-electron chi connectivity index (χ3n) is 2.69. The van der Waals surface area contributed by atoms with Crippen LogP contribution in [0.2, 0.25) is 0 Å². The zero-order valence-corrected chi connectivity index (χ0v) is 10.6. The molecule has 19 heavy (non-hydrogen) atoms. The van der Waals surface area contributed by atoms with E-state index in [2.05, 4.69) is 25.9 Å². The molecule has 0 unspecified atom stereocenters. The quantitative estimate of drug-likeness (QED) is 0.459. The van der Waals surface area contributed by atoms with Crippen LogP contribution in [0.3, 0.4) is 0 Å². The van der Waals surface area contributed by atoms with Gasteiger partial charge in [0, 0.05) is 13.0 Å². The number of anilines is 1. The lowest BCUT2D eigenvalue weighted by atomic mass is 10.1. The van der Waals surface area contributed by atoms with Crippen LogP contribution in [-0.4, -0.2) is 27.6 Å². The van der Waals surface area contributed by atoms with Crippen LogP contribution >= 0.6 is 0 Å². The molecular formula is C12H16N6O. The maximum Gasteiger partial charge on any atom is 0.253 e. The predicted octanol–water partition coefficient (Wildman–Crippen LogP) is 0.371. The highest BCUT2D eigenvalue weighted by Gasteiger charge is 2.10. The summed E-state index contributed by atoms with van der Waals surface area (Å²) in [4.78, 5) is 16.0. The van der Waals surface area contributed by atoms with Crippen molar-refractivity contribution < 1.29 is 4.79 Å². The predicted molar refractivity (Wildman–Crippen MR) is 71.4 cm³/mol. The number of nitrogens with one attached hydrogen (secondary N) is 3. The van der Waals surface area contributed by atoms with Gasteiger partial charge >= 0.3 is 0 Å². The molecule has 0 atom stereocenters. The Morgan fingerprint density at radius 1 is 1.47 bits per heavy atom. The summed E-state index contributed by atoms with van der Waals surface area (Å²) in [6, 6.07) is 5.44. The number of hydrogen-bond donors (Lipinski definition) is 4. The summed E-state index contributed by atoms with van der Waals surface area (Å²) in [5.74, 6) is 5.97. The number of amides is 1. The Morgan fingerprint density at radius 3 is 3.00 bits per heavy atom. The molecule has 0 saturated carbocycles. The molecule has 0 saturated heterocycles. The normalized spacial score (nSPS) is 10.2. The van der Waals surface area contributed by atoms with Gasteiger partial charge in [-0.05, 0) is 24.6 Å². The summed E-state index contributed by atoms with van der Waals surface area (Å²) in [5, 5.41) is 9.28. The van der Waals surface area contributed by atoms with Gasteiger partial charge in [-0.2, -0.15) is 5.10 Å². The second-order valence-electron chi connectivity index (χ2n) is 4.13. The van der Waals surface area contributed by atoms with Gasteiger partial charge in [0.25, 0.3) is 5.91 Å².